The van der Waals surface area contributed by atoms with Gasteiger partial charge in [0.15, 0.2) is 6.61 Å². The van der Waals surface area contributed by atoms with Crippen LogP contribution in [0.3, 0.4) is 0 Å². The molecule has 1 N–H and O–H groups in total. The average molecular weight is 286 g/mol. The summed E-state index contributed by atoms with van der Waals surface area (Å²) in [4.78, 5) is 23.7. The Hall–Kier alpha value is -2.61. The Labute approximate surface area is 124 Å². The molecule has 0 aromatic heterocycles. The van der Waals surface area contributed by atoms with E-state index in [9.17, 15) is 9.59 Å². The first-order valence-electron chi connectivity index (χ1n) is 6.65. The molecule has 0 saturated heterocycles. The number of carbonyl (C=O) groups is 2. The van der Waals surface area contributed by atoms with Gasteiger partial charge < -0.3 is 10.1 Å². The highest BCUT2D eigenvalue weighted by Crippen LogP contribution is 2.05. The first-order valence-corrected chi connectivity index (χ1v) is 6.65. The van der Waals surface area contributed by atoms with Gasteiger partial charge in [0.1, 0.15) is 12.1 Å². The summed E-state index contributed by atoms with van der Waals surface area (Å²) in [7, 11) is 0. The lowest BCUT2D eigenvalue weighted by atomic mass is 10.1. The quantitative estimate of drug-likeness (QED) is 0.583. The van der Waals surface area contributed by atoms with Crippen LogP contribution < -0.4 is 5.32 Å². The number of carbonyl (C=O) groups excluding carboxylic acids is 2. The summed E-state index contributed by atoms with van der Waals surface area (Å²) in [6.07, 6.45) is 2.77. The Kier molecular flexibility index (Phi) is 7.30. The molecule has 1 aromatic carbocycles. The van der Waals surface area contributed by atoms with Crippen molar-refractivity contribution in [2.45, 2.75) is 25.3 Å². The number of nitrogens with one attached hydrogen (secondary N) is 1. The molecule has 1 rings (SSSR count). The van der Waals surface area contributed by atoms with Crippen LogP contribution in [-0.2, 0) is 20.7 Å². The summed E-state index contributed by atoms with van der Waals surface area (Å²) in [5.41, 5.74) is 0.903. The summed E-state index contributed by atoms with van der Waals surface area (Å²) in [5, 5.41) is 11.1. The number of esters is 1. The maximum Gasteiger partial charge on any atom is 0.330 e. The minimum atomic E-state index is -0.793. The summed E-state index contributed by atoms with van der Waals surface area (Å²) in [5.74, 6) is -0.850. The Morgan fingerprint density at radius 3 is 2.71 bits per heavy atom. The Balaban J connectivity index is 2.69. The lowest BCUT2D eigenvalue weighted by molar-refractivity contribution is -0.146. The fourth-order valence-corrected chi connectivity index (χ4v) is 1.75. The third-order valence-electron chi connectivity index (χ3n) is 2.76. The molecule has 0 heterocycles. The lowest BCUT2D eigenvalue weighted by Gasteiger charge is -2.17. The fourth-order valence-electron chi connectivity index (χ4n) is 1.75. The van der Waals surface area contributed by atoms with Gasteiger partial charge in [-0.05, 0) is 12.0 Å². The molecular formula is C16H18N2O3. The van der Waals surface area contributed by atoms with E-state index >= 15 is 0 Å². The molecule has 21 heavy (non-hydrogen) atoms. The predicted molar refractivity (Wildman–Crippen MR) is 78.1 cm³/mol. The van der Waals surface area contributed by atoms with Crippen molar-refractivity contribution in [2.24, 2.45) is 0 Å². The zero-order valence-corrected chi connectivity index (χ0v) is 11.7. The number of rotatable bonds is 8. The Morgan fingerprint density at radius 1 is 1.38 bits per heavy atom. The normalized spacial score (nSPS) is 11.0. The zero-order valence-electron chi connectivity index (χ0n) is 11.7. The van der Waals surface area contributed by atoms with Crippen molar-refractivity contribution in [1.82, 2.24) is 5.32 Å². The van der Waals surface area contributed by atoms with Crippen molar-refractivity contribution in [3.05, 3.63) is 48.6 Å². The van der Waals surface area contributed by atoms with Gasteiger partial charge in [0.05, 0.1) is 0 Å². The molecule has 0 saturated carbocycles. The number of hydrogen-bond acceptors (Lipinski definition) is 4. The number of nitrogens with zero attached hydrogens (tertiary/aromatic N) is 1. The van der Waals surface area contributed by atoms with Crippen molar-refractivity contribution >= 4 is 11.9 Å². The van der Waals surface area contributed by atoms with Crippen molar-refractivity contribution in [3.8, 4) is 6.07 Å². The molecule has 110 valence electrons. The zero-order chi connectivity index (χ0) is 15.5. The maximum absolute atomic E-state index is 11.9. The smallest absolute Gasteiger partial charge is 0.330 e. The highest BCUT2D eigenvalue weighted by Gasteiger charge is 2.22. The summed E-state index contributed by atoms with van der Waals surface area (Å²) < 4.78 is 4.80. The molecule has 0 aliphatic heterocycles. The second-order valence-electron chi connectivity index (χ2n) is 4.40. The van der Waals surface area contributed by atoms with E-state index in [2.05, 4.69) is 11.9 Å². The lowest BCUT2D eigenvalue weighted by Crippen LogP contribution is -2.43. The fraction of sp³-hybridized carbons (Fsp3) is 0.312. The first kappa shape index (κ1) is 16.4. The summed E-state index contributed by atoms with van der Waals surface area (Å²) in [6, 6.07) is 10.2. The number of ether oxygens (including phenoxy) is 1. The first-order chi connectivity index (χ1) is 10.2. The second-order valence-corrected chi connectivity index (χ2v) is 4.40. The van der Waals surface area contributed by atoms with Gasteiger partial charge in [-0.15, -0.1) is 6.58 Å². The van der Waals surface area contributed by atoms with Crippen LogP contribution in [0.15, 0.2) is 43.0 Å². The van der Waals surface area contributed by atoms with E-state index in [0.717, 1.165) is 5.56 Å². The van der Waals surface area contributed by atoms with Crippen LogP contribution in [0.25, 0.3) is 0 Å². The number of nitriles is 1. The van der Waals surface area contributed by atoms with E-state index in [-0.39, 0.29) is 18.9 Å². The summed E-state index contributed by atoms with van der Waals surface area (Å²) in [6.45, 7) is 3.22. The van der Waals surface area contributed by atoms with E-state index < -0.39 is 12.0 Å². The molecular weight excluding hydrogens is 268 g/mol. The standard InChI is InChI=1S/C16H18N2O3/c1-2-3-9-15(19)18-14(16(20)21-11-10-17)12-13-7-5-4-6-8-13/h2,4-8,14H,1,3,9,11-12H2,(H,18,19)/t14-/m0/s1. The van der Waals surface area contributed by atoms with Crippen LogP contribution in [0.5, 0.6) is 0 Å². The van der Waals surface area contributed by atoms with Gasteiger partial charge in [-0.3, -0.25) is 4.79 Å². The number of benzene rings is 1. The van der Waals surface area contributed by atoms with E-state index in [4.69, 9.17) is 10.00 Å². The Morgan fingerprint density at radius 2 is 2.10 bits per heavy atom. The van der Waals surface area contributed by atoms with Gasteiger partial charge in [-0.25, -0.2) is 4.79 Å². The van der Waals surface area contributed by atoms with Gasteiger partial charge in [0.2, 0.25) is 5.91 Å². The highest BCUT2D eigenvalue weighted by molar-refractivity contribution is 5.84. The molecule has 0 spiro atoms. The van der Waals surface area contributed by atoms with Crippen molar-refractivity contribution in [3.63, 3.8) is 0 Å². The van der Waals surface area contributed by atoms with E-state index in [1.54, 1.807) is 12.1 Å². The van der Waals surface area contributed by atoms with E-state index in [1.165, 1.54) is 0 Å². The molecule has 1 amide bonds. The van der Waals surface area contributed by atoms with Crippen LogP contribution in [0.2, 0.25) is 0 Å². The van der Waals surface area contributed by atoms with Crippen molar-refractivity contribution in [2.75, 3.05) is 6.61 Å². The third-order valence-corrected chi connectivity index (χ3v) is 2.76. The minimum Gasteiger partial charge on any atom is -0.449 e. The van der Waals surface area contributed by atoms with Gasteiger partial charge >= 0.3 is 5.97 Å². The monoisotopic (exact) mass is 286 g/mol. The second kappa shape index (κ2) is 9.32. The third kappa shape index (κ3) is 6.39. The molecule has 0 radical (unpaired) electrons. The minimum absolute atomic E-state index is 0.246. The maximum atomic E-state index is 11.9. The molecule has 1 aromatic rings. The predicted octanol–water partition coefficient (Wildman–Crippen LogP) is 1.75. The number of allylic oxidation sites excluding steroid dienone is 1. The summed E-state index contributed by atoms with van der Waals surface area (Å²) >= 11 is 0. The molecule has 5 heteroatoms. The molecule has 5 nitrogen and oxygen atoms in total. The number of hydrogen-bond donors (Lipinski definition) is 1. The molecule has 0 fully saturated rings. The topological polar surface area (TPSA) is 79.2 Å². The average Bonchev–Trinajstić information content (AvgIpc) is 2.51. The van der Waals surface area contributed by atoms with Crippen LogP contribution in [-0.4, -0.2) is 24.5 Å². The van der Waals surface area contributed by atoms with Crippen LogP contribution >= 0.6 is 0 Å². The largest absolute Gasteiger partial charge is 0.449 e. The van der Waals surface area contributed by atoms with Crippen LogP contribution in [0.1, 0.15) is 18.4 Å². The molecule has 0 aliphatic carbocycles. The molecule has 0 unspecified atom stereocenters. The van der Waals surface area contributed by atoms with Gasteiger partial charge in [0.25, 0.3) is 0 Å². The SMILES string of the molecule is C=CCCC(=O)N[C@@H](Cc1ccccc1)C(=O)OCC#N. The number of amides is 1. The van der Waals surface area contributed by atoms with Gasteiger partial charge in [0, 0.05) is 12.8 Å². The molecule has 0 aliphatic rings. The van der Waals surface area contributed by atoms with Crippen molar-refractivity contribution in [1.29, 1.82) is 5.26 Å². The van der Waals surface area contributed by atoms with Gasteiger partial charge in [-0.2, -0.15) is 5.26 Å². The van der Waals surface area contributed by atoms with Crippen LogP contribution in [0.4, 0.5) is 0 Å². The van der Waals surface area contributed by atoms with Gasteiger partial charge in [-0.1, -0.05) is 36.4 Å². The van der Waals surface area contributed by atoms with Crippen LogP contribution in [0, 0.1) is 11.3 Å². The van der Waals surface area contributed by atoms with E-state index in [0.29, 0.717) is 12.8 Å². The molecule has 0 bridgehead atoms. The highest BCUT2D eigenvalue weighted by atomic mass is 16.5. The molecule has 1 atom stereocenters. The Bertz CT molecular complexity index is 520. The van der Waals surface area contributed by atoms with E-state index in [1.807, 2.05) is 30.3 Å². The van der Waals surface area contributed by atoms with Crippen molar-refractivity contribution < 1.29 is 14.3 Å².